The van der Waals surface area contributed by atoms with Gasteiger partial charge in [-0.15, -0.1) is 0 Å². The van der Waals surface area contributed by atoms with E-state index in [1.165, 1.54) is 4.90 Å². The van der Waals surface area contributed by atoms with E-state index in [0.717, 1.165) is 37.1 Å². The van der Waals surface area contributed by atoms with E-state index < -0.39 is 0 Å². The van der Waals surface area contributed by atoms with Crippen molar-refractivity contribution in [1.29, 1.82) is 0 Å². The van der Waals surface area contributed by atoms with Crippen molar-refractivity contribution in [3.05, 3.63) is 64.9 Å². The van der Waals surface area contributed by atoms with Crippen LogP contribution in [-0.2, 0) is 9.59 Å². The minimum absolute atomic E-state index is 0.249. The van der Waals surface area contributed by atoms with Crippen LogP contribution < -0.4 is 9.64 Å². The first kappa shape index (κ1) is 18.3. The van der Waals surface area contributed by atoms with Crippen LogP contribution in [0.25, 0.3) is 5.57 Å². The number of methoxy groups -OCH3 is 1. The average molecular weight is 376 g/mol. The summed E-state index contributed by atoms with van der Waals surface area (Å²) >= 11 is 0. The Morgan fingerprint density at radius 3 is 2.36 bits per heavy atom. The number of carbonyl (C=O) groups is 2. The normalized spacial score (nSPS) is 17.1. The Morgan fingerprint density at radius 2 is 1.64 bits per heavy atom. The van der Waals surface area contributed by atoms with Crippen LogP contribution in [-0.4, -0.2) is 36.9 Å². The first-order chi connectivity index (χ1) is 13.5. The molecule has 0 bridgehead atoms. The average Bonchev–Trinajstić information content (AvgIpc) is 3.30. The zero-order chi connectivity index (χ0) is 19.8. The molecule has 5 nitrogen and oxygen atoms in total. The van der Waals surface area contributed by atoms with Crippen molar-refractivity contribution in [1.82, 2.24) is 4.90 Å². The van der Waals surface area contributed by atoms with Gasteiger partial charge in [-0.3, -0.25) is 9.59 Å². The molecule has 2 aromatic carbocycles. The number of rotatable bonds is 4. The highest BCUT2D eigenvalue weighted by Crippen LogP contribution is 2.40. The topological polar surface area (TPSA) is 49.9 Å². The quantitative estimate of drug-likeness (QED) is 0.764. The van der Waals surface area contributed by atoms with Crippen LogP contribution >= 0.6 is 0 Å². The maximum atomic E-state index is 13.6. The fourth-order valence-corrected chi connectivity index (χ4v) is 4.03. The summed E-state index contributed by atoms with van der Waals surface area (Å²) in [5, 5.41) is 0. The molecule has 1 saturated heterocycles. The van der Waals surface area contributed by atoms with Crippen molar-refractivity contribution in [2.24, 2.45) is 0 Å². The molecule has 0 saturated carbocycles. The second kappa shape index (κ2) is 7.15. The largest absolute Gasteiger partial charge is 0.496 e. The summed E-state index contributed by atoms with van der Waals surface area (Å²) in [6.45, 7) is 5.46. The number of benzene rings is 2. The second-order valence-corrected chi connectivity index (χ2v) is 7.35. The van der Waals surface area contributed by atoms with Crippen LogP contribution in [0.3, 0.4) is 0 Å². The van der Waals surface area contributed by atoms with Gasteiger partial charge in [0.1, 0.15) is 11.4 Å². The van der Waals surface area contributed by atoms with Crippen LogP contribution in [0.4, 0.5) is 5.69 Å². The van der Waals surface area contributed by atoms with Crippen molar-refractivity contribution in [3.8, 4) is 5.75 Å². The zero-order valence-electron chi connectivity index (χ0n) is 16.5. The summed E-state index contributed by atoms with van der Waals surface area (Å²) in [7, 11) is 1.58. The SMILES string of the molecule is COc1ccccc1C1=C(N2CCCC2)C(=O)N(c2cc(C)ccc2C)C1=O. The molecule has 4 rings (SSSR count). The van der Waals surface area contributed by atoms with Crippen LogP contribution in [0.1, 0.15) is 29.5 Å². The van der Waals surface area contributed by atoms with E-state index in [1.807, 2.05) is 61.2 Å². The molecule has 2 aliphatic heterocycles. The predicted octanol–water partition coefficient (Wildman–Crippen LogP) is 3.69. The molecule has 1 fully saturated rings. The van der Waals surface area contributed by atoms with E-state index in [-0.39, 0.29) is 11.8 Å². The van der Waals surface area contributed by atoms with E-state index in [9.17, 15) is 9.59 Å². The second-order valence-electron chi connectivity index (χ2n) is 7.35. The number of para-hydroxylation sites is 1. The number of hydrogen-bond acceptors (Lipinski definition) is 4. The Labute approximate surface area is 165 Å². The lowest BCUT2D eigenvalue weighted by Gasteiger charge is -2.21. The van der Waals surface area contributed by atoms with Gasteiger partial charge in [-0.2, -0.15) is 0 Å². The third kappa shape index (κ3) is 2.87. The minimum atomic E-state index is -0.287. The molecule has 0 atom stereocenters. The molecular weight excluding hydrogens is 352 g/mol. The summed E-state index contributed by atoms with van der Waals surface area (Å²) in [5.41, 5.74) is 4.15. The Hall–Kier alpha value is -3.08. The summed E-state index contributed by atoms with van der Waals surface area (Å²) in [4.78, 5) is 30.5. The smallest absolute Gasteiger partial charge is 0.282 e. The van der Waals surface area contributed by atoms with Gasteiger partial charge in [0, 0.05) is 18.7 Å². The Kier molecular flexibility index (Phi) is 4.67. The van der Waals surface area contributed by atoms with Crippen molar-refractivity contribution in [2.75, 3.05) is 25.1 Å². The Balaban J connectivity index is 1.90. The van der Waals surface area contributed by atoms with E-state index >= 15 is 0 Å². The molecule has 2 heterocycles. The Morgan fingerprint density at radius 1 is 0.929 bits per heavy atom. The molecule has 2 aromatic rings. The van der Waals surface area contributed by atoms with Gasteiger partial charge in [0.05, 0.1) is 18.4 Å². The summed E-state index contributed by atoms with van der Waals surface area (Å²) < 4.78 is 5.50. The van der Waals surface area contributed by atoms with Gasteiger partial charge in [0.2, 0.25) is 0 Å². The van der Waals surface area contributed by atoms with Crippen LogP contribution in [0.15, 0.2) is 48.2 Å². The molecule has 2 aliphatic rings. The first-order valence-corrected chi connectivity index (χ1v) is 9.61. The number of aryl methyl sites for hydroxylation is 2. The third-order valence-corrected chi connectivity index (χ3v) is 5.46. The summed E-state index contributed by atoms with van der Waals surface area (Å²) in [5.74, 6) is 0.0600. The molecule has 0 aliphatic carbocycles. The summed E-state index contributed by atoms with van der Waals surface area (Å²) in [6.07, 6.45) is 2.04. The highest BCUT2D eigenvalue weighted by molar-refractivity contribution is 6.45. The zero-order valence-corrected chi connectivity index (χ0v) is 16.5. The van der Waals surface area contributed by atoms with Gasteiger partial charge in [0.25, 0.3) is 11.8 Å². The lowest BCUT2D eigenvalue weighted by Crippen LogP contribution is -2.35. The van der Waals surface area contributed by atoms with Gasteiger partial charge in [-0.1, -0.05) is 30.3 Å². The lowest BCUT2D eigenvalue weighted by molar-refractivity contribution is -0.120. The van der Waals surface area contributed by atoms with Gasteiger partial charge in [0.15, 0.2) is 0 Å². The van der Waals surface area contributed by atoms with Gasteiger partial charge in [-0.25, -0.2) is 4.90 Å². The van der Waals surface area contributed by atoms with Gasteiger partial charge < -0.3 is 9.64 Å². The molecule has 144 valence electrons. The fraction of sp³-hybridized carbons (Fsp3) is 0.304. The minimum Gasteiger partial charge on any atom is -0.496 e. The van der Waals surface area contributed by atoms with E-state index in [0.29, 0.717) is 28.3 Å². The number of hydrogen-bond donors (Lipinski definition) is 0. The lowest BCUT2D eigenvalue weighted by atomic mass is 10.0. The summed E-state index contributed by atoms with van der Waals surface area (Å²) in [6, 6.07) is 13.2. The fourth-order valence-electron chi connectivity index (χ4n) is 4.03. The molecule has 0 unspecified atom stereocenters. The number of nitrogens with zero attached hydrogens (tertiary/aromatic N) is 2. The van der Waals surface area contributed by atoms with Gasteiger partial charge >= 0.3 is 0 Å². The number of likely N-dealkylation sites (tertiary alicyclic amines) is 1. The van der Waals surface area contributed by atoms with Crippen molar-refractivity contribution < 1.29 is 14.3 Å². The van der Waals surface area contributed by atoms with E-state index in [2.05, 4.69) is 0 Å². The highest BCUT2D eigenvalue weighted by atomic mass is 16.5. The van der Waals surface area contributed by atoms with E-state index in [4.69, 9.17) is 4.74 Å². The van der Waals surface area contributed by atoms with Crippen LogP contribution in [0.2, 0.25) is 0 Å². The number of carbonyl (C=O) groups excluding carboxylic acids is 2. The maximum absolute atomic E-state index is 13.6. The monoisotopic (exact) mass is 376 g/mol. The first-order valence-electron chi connectivity index (χ1n) is 9.61. The number of imide groups is 1. The van der Waals surface area contributed by atoms with Crippen molar-refractivity contribution in [3.63, 3.8) is 0 Å². The maximum Gasteiger partial charge on any atom is 0.282 e. The van der Waals surface area contributed by atoms with E-state index in [1.54, 1.807) is 7.11 Å². The third-order valence-electron chi connectivity index (χ3n) is 5.46. The molecule has 0 aromatic heterocycles. The van der Waals surface area contributed by atoms with Crippen LogP contribution in [0, 0.1) is 13.8 Å². The molecule has 0 radical (unpaired) electrons. The number of ether oxygens (including phenoxy) is 1. The molecular formula is C23H24N2O3. The predicted molar refractivity (Wildman–Crippen MR) is 109 cm³/mol. The van der Waals surface area contributed by atoms with Crippen LogP contribution in [0.5, 0.6) is 5.75 Å². The molecule has 0 N–H and O–H groups in total. The number of amides is 2. The van der Waals surface area contributed by atoms with Gasteiger partial charge in [-0.05, 0) is 49.9 Å². The molecule has 2 amide bonds. The Bertz CT molecular complexity index is 987. The van der Waals surface area contributed by atoms with Crippen molar-refractivity contribution in [2.45, 2.75) is 26.7 Å². The number of anilines is 1. The molecule has 0 spiro atoms. The molecule has 28 heavy (non-hydrogen) atoms. The standard InChI is InChI=1S/C23H24N2O3/c1-15-10-11-16(2)18(14-15)25-22(26)20(17-8-4-5-9-19(17)28-3)21(23(25)27)24-12-6-7-13-24/h4-5,8-11,14H,6-7,12-13H2,1-3H3. The molecule has 5 heteroatoms. The highest BCUT2D eigenvalue weighted by Gasteiger charge is 2.44. The van der Waals surface area contributed by atoms with Crippen molar-refractivity contribution >= 4 is 23.1 Å².